The first kappa shape index (κ1) is 22.7. The van der Waals surface area contributed by atoms with Crippen molar-refractivity contribution in [1.82, 2.24) is 5.32 Å². The van der Waals surface area contributed by atoms with E-state index in [2.05, 4.69) is 5.32 Å². The van der Waals surface area contributed by atoms with Crippen molar-refractivity contribution in [3.8, 4) is 6.07 Å². The first-order chi connectivity index (χ1) is 13.5. The molecule has 0 saturated heterocycles. The highest BCUT2D eigenvalue weighted by Gasteiger charge is 2.57. The molecule has 0 saturated carbocycles. The Hall–Kier alpha value is -2.56. The minimum atomic E-state index is -4.90. The van der Waals surface area contributed by atoms with Crippen LogP contribution in [0, 0.1) is 22.6 Å². The van der Waals surface area contributed by atoms with Gasteiger partial charge in [-0.3, -0.25) is 4.79 Å². The fourth-order valence-corrected chi connectivity index (χ4v) is 4.48. The first-order valence-electron chi connectivity index (χ1n) is 9.51. The van der Waals surface area contributed by atoms with Crippen molar-refractivity contribution < 1.29 is 27.5 Å². The molecule has 2 N–H and O–H groups in total. The van der Waals surface area contributed by atoms with E-state index in [1.807, 2.05) is 13.0 Å². The van der Waals surface area contributed by atoms with Gasteiger partial charge in [0.15, 0.2) is 0 Å². The van der Waals surface area contributed by atoms with E-state index in [9.17, 15) is 32.7 Å². The number of hydrogen-bond donors (Lipinski definition) is 2. The second-order valence-electron chi connectivity index (χ2n) is 7.39. The van der Waals surface area contributed by atoms with Crippen LogP contribution < -0.4 is 5.32 Å². The second kappa shape index (κ2) is 8.44. The number of allylic oxidation sites excluding steroid dienone is 2. The zero-order valence-corrected chi connectivity index (χ0v) is 16.5. The molecule has 29 heavy (non-hydrogen) atoms. The van der Waals surface area contributed by atoms with Gasteiger partial charge < -0.3 is 10.4 Å². The number of carboxylic acids is 1. The van der Waals surface area contributed by atoms with E-state index >= 15 is 0 Å². The quantitative estimate of drug-likeness (QED) is 0.616. The number of aliphatic carboxylic acids is 1. The number of carboxylic acid groups (broad SMARTS) is 1. The lowest BCUT2D eigenvalue weighted by molar-refractivity contribution is -0.154. The van der Waals surface area contributed by atoms with Crippen LogP contribution in [0.2, 0.25) is 0 Å². The number of nitriles is 1. The van der Waals surface area contributed by atoms with Crippen molar-refractivity contribution >= 4 is 5.97 Å². The Balaban J connectivity index is 2.94. The van der Waals surface area contributed by atoms with Gasteiger partial charge in [0, 0.05) is 17.7 Å². The maximum absolute atomic E-state index is 13.8. The molecule has 0 aliphatic carbocycles. The van der Waals surface area contributed by atoms with E-state index < -0.39 is 40.9 Å². The zero-order valence-electron chi connectivity index (χ0n) is 16.5. The number of halogens is 4. The molecule has 8 heteroatoms. The molecule has 158 valence electrons. The molecule has 0 amide bonds. The lowest BCUT2D eigenvalue weighted by atomic mass is 9.58. The second-order valence-corrected chi connectivity index (χ2v) is 7.39. The van der Waals surface area contributed by atoms with Crippen LogP contribution in [0.25, 0.3) is 0 Å². The van der Waals surface area contributed by atoms with Gasteiger partial charge in [0.2, 0.25) is 0 Å². The molecule has 4 nitrogen and oxygen atoms in total. The summed E-state index contributed by atoms with van der Waals surface area (Å²) in [5, 5.41) is 23.1. The predicted molar refractivity (Wildman–Crippen MR) is 99.3 cm³/mol. The molecule has 1 aromatic carbocycles. The van der Waals surface area contributed by atoms with E-state index in [1.165, 1.54) is 0 Å². The molecule has 1 aliphatic heterocycles. The molecule has 0 spiro atoms. The van der Waals surface area contributed by atoms with Crippen molar-refractivity contribution in [3.05, 3.63) is 46.4 Å². The van der Waals surface area contributed by atoms with E-state index in [-0.39, 0.29) is 17.6 Å². The molecule has 0 radical (unpaired) electrons. The van der Waals surface area contributed by atoms with Crippen LogP contribution in [0.4, 0.5) is 17.6 Å². The molecular weight excluding hydrogens is 388 g/mol. The number of nitrogens with zero attached hydrogens (tertiary/aromatic N) is 1. The molecule has 0 aromatic heterocycles. The van der Waals surface area contributed by atoms with E-state index in [4.69, 9.17) is 0 Å². The third-order valence-corrected chi connectivity index (χ3v) is 5.61. The van der Waals surface area contributed by atoms with Crippen LogP contribution in [-0.2, 0) is 11.0 Å². The third kappa shape index (κ3) is 3.96. The Kier molecular flexibility index (Phi) is 6.61. The zero-order chi connectivity index (χ0) is 22.0. The minimum Gasteiger partial charge on any atom is -0.481 e. The van der Waals surface area contributed by atoms with Gasteiger partial charge in [0.25, 0.3) is 0 Å². The molecule has 3 atom stereocenters. The van der Waals surface area contributed by atoms with Gasteiger partial charge in [-0.1, -0.05) is 32.8 Å². The molecule has 0 fully saturated rings. The summed E-state index contributed by atoms with van der Waals surface area (Å²) in [6.07, 6.45) is -3.43. The smallest absolute Gasteiger partial charge is 0.416 e. The van der Waals surface area contributed by atoms with Gasteiger partial charge in [0.1, 0.15) is 5.82 Å². The summed E-state index contributed by atoms with van der Waals surface area (Å²) in [5.41, 5.74) is -3.02. The van der Waals surface area contributed by atoms with Crippen LogP contribution in [0.1, 0.15) is 63.5 Å². The predicted octanol–water partition coefficient (Wildman–Crippen LogP) is 5.37. The van der Waals surface area contributed by atoms with Gasteiger partial charge in [-0.2, -0.15) is 18.4 Å². The van der Waals surface area contributed by atoms with E-state index in [1.54, 1.807) is 13.8 Å². The standard InChI is InChI=1S/C21H24F4N2O2/c1-4-6-17-20(9-5-2,19(28)29)18(15(11-26)12(3)27-17)14-8-7-13(22)10-16(14)21(23,24)25/h7-8,10,17-18,27H,4-6,9H2,1-3H3,(H,28,29). The molecule has 2 rings (SSSR count). The number of benzene rings is 1. The average molecular weight is 412 g/mol. The summed E-state index contributed by atoms with van der Waals surface area (Å²) in [6, 6.07) is 3.47. The monoisotopic (exact) mass is 412 g/mol. The van der Waals surface area contributed by atoms with Crippen LogP contribution >= 0.6 is 0 Å². The lowest BCUT2D eigenvalue weighted by Crippen LogP contribution is -2.57. The number of rotatable bonds is 6. The molecule has 0 bridgehead atoms. The summed E-state index contributed by atoms with van der Waals surface area (Å²) in [6.45, 7) is 5.16. The van der Waals surface area contributed by atoms with Gasteiger partial charge in [-0.15, -0.1) is 0 Å². The Morgan fingerprint density at radius 1 is 1.31 bits per heavy atom. The molecule has 1 heterocycles. The summed E-state index contributed by atoms with van der Waals surface area (Å²) in [5.74, 6) is -3.69. The van der Waals surface area contributed by atoms with Crippen molar-refractivity contribution in [1.29, 1.82) is 5.26 Å². The fraction of sp³-hybridized carbons (Fsp3) is 0.524. The highest BCUT2D eigenvalue weighted by atomic mass is 19.4. The number of hydrogen-bond acceptors (Lipinski definition) is 3. The maximum atomic E-state index is 13.8. The third-order valence-electron chi connectivity index (χ3n) is 5.61. The number of carbonyl (C=O) groups is 1. The first-order valence-corrected chi connectivity index (χ1v) is 9.51. The number of nitrogens with one attached hydrogen (secondary N) is 1. The van der Waals surface area contributed by atoms with Gasteiger partial charge in [-0.25, -0.2) is 4.39 Å². The summed E-state index contributed by atoms with van der Waals surface area (Å²) in [4.78, 5) is 12.6. The van der Waals surface area contributed by atoms with Crippen LogP contribution in [0.15, 0.2) is 29.5 Å². The Bertz CT molecular complexity index is 857. The molecule has 3 unspecified atom stereocenters. The van der Waals surface area contributed by atoms with E-state index in [0.717, 1.165) is 12.1 Å². The van der Waals surface area contributed by atoms with Crippen molar-refractivity contribution in [2.45, 2.75) is 64.6 Å². The normalized spacial score (nSPS) is 24.8. The largest absolute Gasteiger partial charge is 0.481 e. The van der Waals surface area contributed by atoms with Gasteiger partial charge in [-0.05, 0) is 37.5 Å². The minimum absolute atomic E-state index is 0.0645. The van der Waals surface area contributed by atoms with Crippen molar-refractivity contribution in [2.24, 2.45) is 5.41 Å². The van der Waals surface area contributed by atoms with Gasteiger partial charge >= 0.3 is 12.1 Å². The van der Waals surface area contributed by atoms with Crippen molar-refractivity contribution in [2.75, 3.05) is 0 Å². The van der Waals surface area contributed by atoms with Crippen molar-refractivity contribution in [3.63, 3.8) is 0 Å². The van der Waals surface area contributed by atoms with Crippen LogP contribution in [0.5, 0.6) is 0 Å². The van der Waals surface area contributed by atoms with Gasteiger partial charge in [0.05, 0.1) is 22.6 Å². The highest BCUT2D eigenvalue weighted by Crippen LogP contribution is 2.53. The van der Waals surface area contributed by atoms with E-state index in [0.29, 0.717) is 31.0 Å². The summed E-state index contributed by atoms with van der Waals surface area (Å²) in [7, 11) is 0. The maximum Gasteiger partial charge on any atom is 0.416 e. The average Bonchev–Trinajstić information content (AvgIpc) is 2.63. The SMILES string of the molecule is CCCC1NC(C)=C(C#N)C(c2ccc(F)cc2C(F)(F)F)C1(CCC)C(=O)O. The molecule has 1 aliphatic rings. The lowest BCUT2D eigenvalue weighted by Gasteiger charge is -2.48. The highest BCUT2D eigenvalue weighted by molar-refractivity contribution is 5.80. The molecular formula is C21H24F4N2O2. The Labute approximate surface area is 167 Å². The Morgan fingerprint density at radius 2 is 1.97 bits per heavy atom. The van der Waals surface area contributed by atoms with Crippen LogP contribution in [0.3, 0.4) is 0 Å². The topological polar surface area (TPSA) is 73.1 Å². The summed E-state index contributed by atoms with van der Waals surface area (Å²) >= 11 is 0. The summed E-state index contributed by atoms with van der Waals surface area (Å²) < 4.78 is 55.0. The fourth-order valence-electron chi connectivity index (χ4n) is 4.48. The molecule has 1 aromatic rings. The Morgan fingerprint density at radius 3 is 2.45 bits per heavy atom. The number of alkyl halides is 3. The van der Waals surface area contributed by atoms with Crippen LogP contribution in [-0.4, -0.2) is 17.1 Å².